The quantitative estimate of drug-likeness (QED) is 0.817. The molecule has 2 aliphatic rings. The highest BCUT2D eigenvalue weighted by Crippen LogP contribution is 2.51. The van der Waals surface area contributed by atoms with Crippen molar-refractivity contribution in [2.24, 2.45) is 17.8 Å². The second-order valence-corrected chi connectivity index (χ2v) is 5.70. The minimum atomic E-state index is 0.154. The van der Waals surface area contributed by atoms with Crippen molar-refractivity contribution in [2.75, 3.05) is 5.32 Å². The predicted molar refractivity (Wildman–Crippen MR) is 68.8 cm³/mol. The van der Waals surface area contributed by atoms with E-state index in [4.69, 9.17) is 0 Å². The summed E-state index contributed by atoms with van der Waals surface area (Å²) >= 11 is 1.48. The first-order valence-corrected chi connectivity index (χ1v) is 7.11. The molecule has 3 nitrogen and oxygen atoms in total. The highest BCUT2D eigenvalue weighted by atomic mass is 32.1. The molecule has 1 fully saturated rings. The number of rotatable bonds is 2. The molecule has 0 aromatic carbocycles. The van der Waals surface area contributed by atoms with Crippen LogP contribution in [0.3, 0.4) is 0 Å². The van der Waals surface area contributed by atoms with Gasteiger partial charge in [0.1, 0.15) is 0 Å². The summed E-state index contributed by atoms with van der Waals surface area (Å²) in [5, 5.41) is 5.52. The normalized spacial score (nSPS) is 33.1. The molecule has 0 unspecified atom stereocenters. The first-order valence-electron chi connectivity index (χ1n) is 6.23. The van der Waals surface area contributed by atoms with E-state index in [1.807, 2.05) is 5.38 Å². The molecule has 2 aliphatic carbocycles. The van der Waals surface area contributed by atoms with Crippen molar-refractivity contribution in [1.29, 1.82) is 0 Å². The fourth-order valence-electron chi connectivity index (χ4n) is 2.77. The molecular weight excluding hydrogens is 232 g/mol. The summed E-state index contributed by atoms with van der Waals surface area (Å²) in [6.07, 6.45) is 11.1. The van der Waals surface area contributed by atoms with Crippen LogP contribution in [0.5, 0.6) is 0 Å². The van der Waals surface area contributed by atoms with Gasteiger partial charge in [0, 0.05) is 17.5 Å². The number of amides is 1. The Morgan fingerprint density at radius 3 is 3.24 bits per heavy atom. The molecule has 1 N–H and O–H groups in total. The minimum absolute atomic E-state index is 0.154. The molecule has 1 aromatic heterocycles. The van der Waals surface area contributed by atoms with Gasteiger partial charge in [-0.3, -0.25) is 4.79 Å². The van der Waals surface area contributed by atoms with E-state index in [0.29, 0.717) is 11.8 Å². The number of nitrogens with one attached hydrogen (secondary N) is 1. The van der Waals surface area contributed by atoms with Crippen LogP contribution in [0.2, 0.25) is 0 Å². The Balaban J connectivity index is 1.64. The Kier molecular flexibility index (Phi) is 2.97. The van der Waals surface area contributed by atoms with E-state index in [2.05, 4.69) is 22.5 Å². The largest absolute Gasteiger partial charge is 0.302 e. The highest BCUT2D eigenvalue weighted by molar-refractivity contribution is 7.13. The lowest BCUT2D eigenvalue weighted by molar-refractivity contribution is -0.117. The molecule has 1 aromatic rings. The maximum Gasteiger partial charge on any atom is 0.230 e. The van der Waals surface area contributed by atoms with Gasteiger partial charge < -0.3 is 5.32 Å². The van der Waals surface area contributed by atoms with Gasteiger partial charge in [-0.25, -0.2) is 4.98 Å². The fourth-order valence-corrected chi connectivity index (χ4v) is 3.31. The third kappa shape index (κ3) is 2.27. The van der Waals surface area contributed by atoms with Gasteiger partial charge in [-0.15, -0.1) is 11.3 Å². The van der Waals surface area contributed by atoms with Gasteiger partial charge in [-0.1, -0.05) is 18.6 Å². The van der Waals surface area contributed by atoms with Gasteiger partial charge in [-0.2, -0.15) is 0 Å². The average molecular weight is 248 g/mol. The third-order valence-electron chi connectivity index (χ3n) is 3.71. The van der Waals surface area contributed by atoms with E-state index >= 15 is 0 Å². The van der Waals surface area contributed by atoms with Gasteiger partial charge in [0.2, 0.25) is 5.91 Å². The Bertz CT molecular complexity index is 427. The van der Waals surface area contributed by atoms with Gasteiger partial charge in [0.15, 0.2) is 5.13 Å². The van der Waals surface area contributed by atoms with Crippen LogP contribution in [0.15, 0.2) is 23.7 Å². The zero-order chi connectivity index (χ0) is 11.7. The molecule has 17 heavy (non-hydrogen) atoms. The summed E-state index contributed by atoms with van der Waals surface area (Å²) in [6, 6.07) is 0. The average Bonchev–Trinajstić information content (AvgIpc) is 2.72. The molecule has 0 radical (unpaired) electrons. The topological polar surface area (TPSA) is 42.0 Å². The molecule has 90 valence electrons. The van der Waals surface area contributed by atoms with Crippen molar-refractivity contribution >= 4 is 22.4 Å². The fraction of sp³-hybridized carbons (Fsp3) is 0.538. The summed E-state index contributed by atoms with van der Waals surface area (Å²) in [7, 11) is 0. The Labute approximate surface area is 105 Å². The molecule has 3 rings (SSSR count). The van der Waals surface area contributed by atoms with Crippen molar-refractivity contribution in [1.82, 2.24) is 4.98 Å². The number of thiazole rings is 1. The van der Waals surface area contributed by atoms with Gasteiger partial charge in [0.05, 0.1) is 0 Å². The van der Waals surface area contributed by atoms with Crippen LogP contribution < -0.4 is 5.32 Å². The van der Waals surface area contributed by atoms with E-state index < -0.39 is 0 Å². The molecule has 3 atom stereocenters. The van der Waals surface area contributed by atoms with Crippen LogP contribution in [0.25, 0.3) is 0 Å². The molecule has 1 heterocycles. The lowest BCUT2D eigenvalue weighted by Gasteiger charge is -2.00. The van der Waals surface area contributed by atoms with Gasteiger partial charge in [-0.05, 0) is 31.1 Å². The molecule has 1 saturated carbocycles. The van der Waals surface area contributed by atoms with Gasteiger partial charge >= 0.3 is 0 Å². The number of carbonyl (C=O) groups excluding carboxylic acids is 1. The number of nitrogens with zero attached hydrogens (tertiary/aromatic N) is 1. The maximum atomic E-state index is 12.1. The summed E-state index contributed by atoms with van der Waals surface area (Å²) in [5.74, 6) is 1.40. The number of fused-ring (bicyclic) bond motifs is 1. The Morgan fingerprint density at radius 1 is 1.47 bits per heavy atom. The number of hydrogen-bond acceptors (Lipinski definition) is 3. The standard InChI is InChI=1S/C13H16N2OS/c16-12(15-13-14-7-8-17-13)11-9-5-3-1-2-4-6-10(9)11/h3,5,7-11H,1-2,4,6H2,(H,14,15,16)/b5-3-/t9-,10-,11-/m0/s1. The van der Waals surface area contributed by atoms with Crippen molar-refractivity contribution in [2.45, 2.75) is 25.7 Å². The number of allylic oxidation sites excluding steroid dienone is 2. The lowest BCUT2D eigenvalue weighted by atomic mass is 10.1. The van der Waals surface area contributed by atoms with E-state index in [-0.39, 0.29) is 11.8 Å². The first kappa shape index (κ1) is 11.0. The molecule has 0 spiro atoms. The SMILES string of the molecule is O=C(Nc1nccs1)[C@H]1[C@H]2/C=C\CCCC[C@@H]21. The van der Waals surface area contributed by atoms with E-state index in [1.165, 1.54) is 37.0 Å². The van der Waals surface area contributed by atoms with Crippen LogP contribution in [-0.4, -0.2) is 10.9 Å². The number of hydrogen-bond donors (Lipinski definition) is 1. The van der Waals surface area contributed by atoms with E-state index in [9.17, 15) is 4.79 Å². The number of carbonyl (C=O) groups is 1. The summed E-state index contributed by atoms with van der Waals surface area (Å²) in [6.45, 7) is 0. The van der Waals surface area contributed by atoms with Crippen LogP contribution in [0.1, 0.15) is 25.7 Å². The van der Waals surface area contributed by atoms with E-state index in [0.717, 1.165) is 5.13 Å². The Hall–Kier alpha value is -1.16. The second-order valence-electron chi connectivity index (χ2n) is 4.81. The molecule has 0 bridgehead atoms. The van der Waals surface area contributed by atoms with Crippen molar-refractivity contribution < 1.29 is 4.79 Å². The summed E-state index contributed by atoms with van der Waals surface area (Å²) in [5.41, 5.74) is 0. The molecular formula is C13H16N2OS. The monoisotopic (exact) mass is 248 g/mol. The molecule has 1 amide bonds. The van der Waals surface area contributed by atoms with Crippen molar-refractivity contribution in [3.8, 4) is 0 Å². The zero-order valence-electron chi connectivity index (χ0n) is 9.63. The van der Waals surface area contributed by atoms with Crippen molar-refractivity contribution in [3.05, 3.63) is 23.7 Å². The third-order valence-corrected chi connectivity index (χ3v) is 4.40. The van der Waals surface area contributed by atoms with Crippen LogP contribution in [0.4, 0.5) is 5.13 Å². The smallest absolute Gasteiger partial charge is 0.230 e. The van der Waals surface area contributed by atoms with Gasteiger partial charge in [0.25, 0.3) is 0 Å². The first-order chi connectivity index (χ1) is 8.36. The summed E-state index contributed by atoms with van der Waals surface area (Å²) < 4.78 is 0. The highest BCUT2D eigenvalue weighted by Gasteiger charge is 2.52. The lowest BCUT2D eigenvalue weighted by Crippen LogP contribution is -2.15. The molecule has 0 aliphatic heterocycles. The summed E-state index contributed by atoms with van der Waals surface area (Å²) in [4.78, 5) is 16.2. The predicted octanol–water partition coefficient (Wildman–Crippen LogP) is 3.07. The molecule has 0 saturated heterocycles. The number of anilines is 1. The second kappa shape index (κ2) is 4.61. The zero-order valence-corrected chi connectivity index (χ0v) is 10.5. The minimum Gasteiger partial charge on any atom is -0.302 e. The van der Waals surface area contributed by atoms with E-state index in [1.54, 1.807) is 6.20 Å². The number of aromatic nitrogens is 1. The molecule has 4 heteroatoms. The van der Waals surface area contributed by atoms with Crippen LogP contribution >= 0.6 is 11.3 Å². The van der Waals surface area contributed by atoms with Crippen molar-refractivity contribution in [3.63, 3.8) is 0 Å². The Morgan fingerprint density at radius 2 is 2.41 bits per heavy atom. The van der Waals surface area contributed by atoms with Crippen LogP contribution in [0, 0.1) is 17.8 Å². The van der Waals surface area contributed by atoms with Crippen LogP contribution in [-0.2, 0) is 4.79 Å². The maximum absolute atomic E-state index is 12.1.